The van der Waals surface area contributed by atoms with E-state index in [0.29, 0.717) is 12.4 Å². The Morgan fingerprint density at radius 2 is 2.23 bits per heavy atom. The summed E-state index contributed by atoms with van der Waals surface area (Å²) in [6.45, 7) is 1.83. The molecule has 132 valence electrons. The second-order valence-corrected chi connectivity index (χ2v) is 7.81. The largest absolute Gasteiger partial charge is 0.369 e. The number of carbonyl (C=O) groups is 1. The molecule has 26 heavy (non-hydrogen) atoms. The molecule has 1 amide bonds. The predicted molar refractivity (Wildman–Crippen MR) is 104 cm³/mol. The van der Waals surface area contributed by atoms with Crippen LogP contribution in [-0.4, -0.2) is 28.8 Å². The summed E-state index contributed by atoms with van der Waals surface area (Å²) < 4.78 is 0. The summed E-state index contributed by atoms with van der Waals surface area (Å²) in [5, 5.41) is 0. The molecule has 6 heteroatoms. The van der Waals surface area contributed by atoms with E-state index < -0.39 is 5.54 Å². The standard InChI is InChI=1S/C20H20N4OS/c1-3-5-13-7-9-22-15(10-13)16-11-14-6-4-8-20(18(14)26-16)12-17(25)24(2)19(21)23-20/h7,9-11H,4,6,8,12H2,1-2H3,(H2,21,23)/t20-/m1/s1. The van der Waals surface area contributed by atoms with E-state index in [-0.39, 0.29) is 5.91 Å². The SMILES string of the molecule is CC#Cc1ccnc(-c2cc3c(s2)[C@@]2(CCC3)CC(=O)N(C)C(N)=N2)c1. The monoisotopic (exact) mass is 364 g/mol. The van der Waals surface area contributed by atoms with Gasteiger partial charge in [0.15, 0.2) is 5.96 Å². The highest BCUT2D eigenvalue weighted by molar-refractivity contribution is 7.15. The first-order valence-electron chi connectivity index (χ1n) is 8.67. The number of fused-ring (bicyclic) bond motifs is 2. The molecule has 4 rings (SSSR count). The van der Waals surface area contributed by atoms with Gasteiger partial charge >= 0.3 is 0 Å². The lowest BCUT2D eigenvalue weighted by molar-refractivity contribution is -0.128. The Labute approximate surface area is 157 Å². The van der Waals surface area contributed by atoms with Crippen LogP contribution in [-0.2, 0) is 16.8 Å². The summed E-state index contributed by atoms with van der Waals surface area (Å²) in [7, 11) is 1.68. The molecule has 2 aliphatic rings. The molecule has 1 atom stereocenters. The molecule has 0 fully saturated rings. The van der Waals surface area contributed by atoms with E-state index in [9.17, 15) is 4.79 Å². The van der Waals surface area contributed by atoms with Gasteiger partial charge in [0, 0.05) is 23.7 Å². The van der Waals surface area contributed by atoms with E-state index in [2.05, 4.69) is 22.9 Å². The third-order valence-corrected chi connectivity index (χ3v) is 6.43. The zero-order valence-corrected chi connectivity index (χ0v) is 15.7. The van der Waals surface area contributed by atoms with Crippen LogP contribution in [0.15, 0.2) is 29.4 Å². The molecule has 0 saturated heterocycles. The maximum absolute atomic E-state index is 12.4. The minimum atomic E-state index is -0.509. The molecule has 5 nitrogen and oxygen atoms in total. The van der Waals surface area contributed by atoms with Gasteiger partial charge in [0.1, 0.15) is 5.54 Å². The average molecular weight is 364 g/mol. The van der Waals surface area contributed by atoms with Crippen LogP contribution in [0.4, 0.5) is 0 Å². The Bertz CT molecular complexity index is 981. The maximum Gasteiger partial charge on any atom is 0.231 e. The van der Waals surface area contributed by atoms with Crippen LogP contribution in [0.2, 0.25) is 0 Å². The number of amides is 1. The highest BCUT2D eigenvalue weighted by Gasteiger charge is 2.44. The average Bonchev–Trinajstić information content (AvgIpc) is 3.06. The molecule has 1 aliphatic carbocycles. The number of aryl methyl sites for hydroxylation is 1. The zero-order valence-electron chi connectivity index (χ0n) is 14.9. The van der Waals surface area contributed by atoms with Crippen LogP contribution >= 0.6 is 11.3 Å². The van der Waals surface area contributed by atoms with Crippen molar-refractivity contribution in [1.29, 1.82) is 0 Å². The normalized spacial score (nSPS) is 21.8. The zero-order chi connectivity index (χ0) is 18.3. The molecule has 0 saturated carbocycles. The van der Waals surface area contributed by atoms with E-state index >= 15 is 0 Å². The van der Waals surface area contributed by atoms with Crippen LogP contribution in [0.3, 0.4) is 0 Å². The summed E-state index contributed by atoms with van der Waals surface area (Å²) in [4.78, 5) is 25.4. The van der Waals surface area contributed by atoms with E-state index in [4.69, 9.17) is 10.7 Å². The van der Waals surface area contributed by atoms with Gasteiger partial charge < -0.3 is 5.73 Å². The summed E-state index contributed by atoms with van der Waals surface area (Å²) in [5.74, 6) is 6.34. The minimum absolute atomic E-state index is 0.0265. The van der Waals surface area contributed by atoms with Gasteiger partial charge in [-0.2, -0.15) is 0 Å². The van der Waals surface area contributed by atoms with Gasteiger partial charge in [-0.05, 0) is 49.9 Å². The fourth-order valence-electron chi connectivity index (χ4n) is 3.71. The molecule has 2 N–H and O–H groups in total. The van der Waals surface area contributed by atoms with Gasteiger partial charge in [-0.15, -0.1) is 17.3 Å². The summed E-state index contributed by atoms with van der Waals surface area (Å²) in [5.41, 5.74) is 8.66. The van der Waals surface area contributed by atoms with Crippen LogP contribution in [0, 0.1) is 11.8 Å². The van der Waals surface area contributed by atoms with Crippen LogP contribution < -0.4 is 5.73 Å². The van der Waals surface area contributed by atoms with Gasteiger partial charge in [-0.1, -0.05) is 5.92 Å². The number of aliphatic imine (C=N–C) groups is 1. The third-order valence-electron chi connectivity index (χ3n) is 5.04. The molecule has 0 bridgehead atoms. The van der Waals surface area contributed by atoms with Crippen molar-refractivity contribution in [2.24, 2.45) is 10.7 Å². The van der Waals surface area contributed by atoms with Gasteiger partial charge in [0.2, 0.25) is 5.91 Å². The molecule has 1 aliphatic heterocycles. The van der Waals surface area contributed by atoms with Crippen molar-refractivity contribution in [3.63, 3.8) is 0 Å². The smallest absolute Gasteiger partial charge is 0.231 e. The van der Waals surface area contributed by atoms with Crippen molar-refractivity contribution >= 4 is 23.2 Å². The summed E-state index contributed by atoms with van der Waals surface area (Å²) >= 11 is 1.68. The number of thiophene rings is 1. The number of hydrogen-bond acceptors (Lipinski definition) is 5. The van der Waals surface area contributed by atoms with Gasteiger partial charge in [0.05, 0.1) is 17.0 Å². The predicted octanol–water partition coefficient (Wildman–Crippen LogP) is 2.89. The van der Waals surface area contributed by atoms with Crippen LogP contribution in [0.1, 0.15) is 42.2 Å². The molecular weight excluding hydrogens is 344 g/mol. The lowest BCUT2D eigenvalue weighted by Gasteiger charge is -2.38. The highest BCUT2D eigenvalue weighted by Crippen LogP contribution is 2.48. The lowest BCUT2D eigenvalue weighted by Crippen LogP contribution is -2.49. The minimum Gasteiger partial charge on any atom is -0.369 e. The van der Waals surface area contributed by atoms with Crippen molar-refractivity contribution in [3.8, 4) is 22.4 Å². The first-order valence-corrected chi connectivity index (χ1v) is 9.48. The number of hydrogen-bond donors (Lipinski definition) is 1. The lowest BCUT2D eigenvalue weighted by atomic mass is 9.79. The highest BCUT2D eigenvalue weighted by atomic mass is 32.1. The first-order chi connectivity index (χ1) is 12.5. The fraction of sp³-hybridized carbons (Fsp3) is 0.350. The molecule has 0 radical (unpaired) electrons. The topological polar surface area (TPSA) is 71.6 Å². The molecule has 0 aromatic carbocycles. The number of carbonyl (C=O) groups excluding carboxylic acids is 1. The molecule has 2 aromatic heterocycles. The van der Waals surface area contributed by atoms with Crippen LogP contribution in [0.5, 0.6) is 0 Å². The second kappa shape index (κ2) is 6.26. The van der Waals surface area contributed by atoms with Crippen molar-refractivity contribution < 1.29 is 4.79 Å². The summed E-state index contributed by atoms with van der Waals surface area (Å²) in [6.07, 6.45) is 5.03. The quantitative estimate of drug-likeness (QED) is 0.791. The number of guanidine groups is 1. The van der Waals surface area contributed by atoms with Gasteiger partial charge in [-0.3, -0.25) is 14.7 Å². The number of pyridine rings is 1. The third kappa shape index (κ3) is 2.69. The molecular formula is C20H20N4OS. The Balaban J connectivity index is 1.81. The first kappa shape index (κ1) is 16.8. The Hall–Kier alpha value is -2.65. The van der Waals surface area contributed by atoms with Gasteiger partial charge in [-0.25, -0.2) is 4.99 Å². The van der Waals surface area contributed by atoms with Crippen LogP contribution in [0.25, 0.3) is 10.6 Å². The Morgan fingerprint density at radius 1 is 1.38 bits per heavy atom. The second-order valence-electron chi connectivity index (χ2n) is 6.75. The van der Waals surface area contributed by atoms with Crippen molar-refractivity contribution in [2.75, 3.05) is 7.05 Å². The Morgan fingerprint density at radius 3 is 3.00 bits per heavy atom. The van der Waals surface area contributed by atoms with Crippen molar-refractivity contribution in [1.82, 2.24) is 9.88 Å². The van der Waals surface area contributed by atoms with E-state index in [1.165, 1.54) is 10.5 Å². The Kier molecular flexibility index (Phi) is 4.04. The molecule has 1 spiro atoms. The number of rotatable bonds is 1. The fourth-order valence-corrected chi connectivity index (χ4v) is 5.05. The number of nitrogens with two attached hydrogens (primary N) is 1. The van der Waals surface area contributed by atoms with E-state index in [1.54, 1.807) is 24.6 Å². The molecule has 3 heterocycles. The number of aromatic nitrogens is 1. The number of nitrogens with zero attached hydrogens (tertiary/aromatic N) is 3. The van der Waals surface area contributed by atoms with Crippen molar-refractivity contribution in [3.05, 3.63) is 40.4 Å². The van der Waals surface area contributed by atoms with E-state index in [1.807, 2.05) is 19.1 Å². The summed E-state index contributed by atoms with van der Waals surface area (Å²) in [6, 6.07) is 6.12. The molecule has 2 aromatic rings. The van der Waals surface area contributed by atoms with Gasteiger partial charge in [0.25, 0.3) is 0 Å². The maximum atomic E-state index is 12.4. The van der Waals surface area contributed by atoms with Crippen molar-refractivity contribution in [2.45, 2.75) is 38.1 Å². The van der Waals surface area contributed by atoms with E-state index in [0.717, 1.165) is 40.3 Å². The molecule has 0 unspecified atom stereocenters.